The molecular formula is C9H18N2O2. The second-order valence-corrected chi connectivity index (χ2v) is 3.71. The molecule has 1 unspecified atom stereocenters. The Labute approximate surface area is 78.7 Å². The maximum absolute atomic E-state index is 11.4. The van der Waals surface area contributed by atoms with Crippen molar-refractivity contribution >= 4 is 5.91 Å². The summed E-state index contributed by atoms with van der Waals surface area (Å²) >= 11 is 0. The molecule has 0 aromatic heterocycles. The molecule has 1 aliphatic heterocycles. The van der Waals surface area contributed by atoms with Crippen molar-refractivity contribution < 1.29 is 9.90 Å². The normalized spacial score (nSPS) is 25.3. The maximum atomic E-state index is 11.4. The average Bonchev–Trinajstić information content (AvgIpc) is 2.47. The van der Waals surface area contributed by atoms with Crippen molar-refractivity contribution in [2.24, 2.45) is 11.7 Å². The molecule has 0 radical (unpaired) electrons. The molecule has 0 aromatic rings. The van der Waals surface area contributed by atoms with Gasteiger partial charge in [-0.15, -0.1) is 0 Å². The standard InChI is InChI=1S/C9H18N2O2/c1-7(2-3-12)11-6-8(5-10)4-9(11)13/h7-8,12H,2-6,10H2,1H3/t7-,8?/m1/s1. The molecule has 0 aliphatic carbocycles. The van der Waals surface area contributed by atoms with Crippen LogP contribution in [-0.4, -0.2) is 41.7 Å². The van der Waals surface area contributed by atoms with Crippen LogP contribution in [-0.2, 0) is 4.79 Å². The second kappa shape index (κ2) is 4.58. The highest BCUT2D eigenvalue weighted by atomic mass is 16.3. The molecule has 0 aromatic carbocycles. The molecule has 0 bridgehead atoms. The summed E-state index contributed by atoms with van der Waals surface area (Å²) in [6.07, 6.45) is 1.23. The van der Waals surface area contributed by atoms with E-state index in [4.69, 9.17) is 10.8 Å². The Hall–Kier alpha value is -0.610. The first-order chi connectivity index (χ1) is 6.19. The minimum absolute atomic E-state index is 0.137. The third-order valence-corrected chi connectivity index (χ3v) is 2.65. The number of likely N-dealkylation sites (tertiary alicyclic amines) is 1. The predicted molar refractivity (Wildman–Crippen MR) is 50.0 cm³/mol. The van der Waals surface area contributed by atoms with E-state index in [1.807, 2.05) is 11.8 Å². The van der Waals surface area contributed by atoms with E-state index in [1.54, 1.807) is 0 Å². The lowest BCUT2D eigenvalue weighted by Crippen LogP contribution is -2.35. The number of nitrogens with two attached hydrogens (primary N) is 1. The van der Waals surface area contributed by atoms with Crippen LogP contribution in [0, 0.1) is 5.92 Å². The second-order valence-electron chi connectivity index (χ2n) is 3.71. The van der Waals surface area contributed by atoms with Gasteiger partial charge < -0.3 is 15.7 Å². The number of nitrogens with zero attached hydrogens (tertiary/aromatic N) is 1. The number of amides is 1. The highest BCUT2D eigenvalue weighted by Crippen LogP contribution is 2.20. The van der Waals surface area contributed by atoms with Crippen molar-refractivity contribution in [2.45, 2.75) is 25.8 Å². The van der Waals surface area contributed by atoms with E-state index in [0.717, 1.165) is 6.54 Å². The Balaban J connectivity index is 2.46. The third-order valence-electron chi connectivity index (χ3n) is 2.65. The van der Waals surface area contributed by atoms with Crippen LogP contribution in [0.1, 0.15) is 19.8 Å². The van der Waals surface area contributed by atoms with E-state index >= 15 is 0 Å². The van der Waals surface area contributed by atoms with Gasteiger partial charge in [0.05, 0.1) is 0 Å². The first-order valence-corrected chi connectivity index (χ1v) is 4.79. The number of hydrogen-bond acceptors (Lipinski definition) is 3. The minimum atomic E-state index is 0.137. The summed E-state index contributed by atoms with van der Waals surface area (Å²) in [6.45, 7) is 3.44. The van der Waals surface area contributed by atoms with Gasteiger partial charge in [0.15, 0.2) is 0 Å². The van der Waals surface area contributed by atoms with Crippen LogP contribution in [0.3, 0.4) is 0 Å². The molecule has 4 nitrogen and oxygen atoms in total. The van der Waals surface area contributed by atoms with Crippen molar-refractivity contribution in [2.75, 3.05) is 19.7 Å². The fourth-order valence-electron chi connectivity index (χ4n) is 1.74. The molecular weight excluding hydrogens is 168 g/mol. The number of aliphatic hydroxyl groups is 1. The zero-order valence-corrected chi connectivity index (χ0v) is 8.07. The van der Waals surface area contributed by atoms with Gasteiger partial charge in [-0.1, -0.05) is 0 Å². The third kappa shape index (κ3) is 2.42. The smallest absolute Gasteiger partial charge is 0.223 e. The highest BCUT2D eigenvalue weighted by Gasteiger charge is 2.31. The number of carbonyl (C=O) groups excluding carboxylic acids is 1. The van der Waals surface area contributed by atoms with Crippen molar-refractivity contribution in [3.63, 3.8) is 0 Å². The van der Waals surface area contributed by atoms with E-state index in [-0.39, 0.29) is 18.6 Å². The lowest BCUT2D eigenvalue weighted by atomic mass is 10.1. The summed E-state index contributed by atoms with van der Waals surface area (Å²) in [7, 11) is 0. The lowest BCUT2D eigenvalue weighted by Gasteiger charge is -2.23. The molecule has 3 N–H and O–H groups in total. The largest absolute Gasteiger partial charge is 0.396 e. The molecule has 13 heavy (non-hydrogen) atoms. The molecule has 1 aliphatic rings. The van der Waals surface area contributed by atoms with Gasteiger partial charge in [-0.25, -0.2) is 0 Å². The zero-order chi connectivity index (χ0) is 9.84. The SMILES string of the molecule is C[C@H](CCO)N1CC(CN)CC1=O. The molecule has 4 heteroatoms. The number of carbonyl (C=O) groups is 1. The summed E-state index contributed by atoms with van der Waals surface area (Å²) < 4.78 is 0. The first kappa shape index (κ1) is 10.5. The van der Waals surface area contributed by atoms with Crippen LogP contribution < -0.4 is 5.73 Å². The lowest BCUT2D eigenvalue weighted by molar-refractivity contribution is -0.129. The molecule has 1 rings (SSSR count). The number of rotatable bonds is 4. The average molecular weight is 186 g/mol. The Morgan fingerprint density at radius 3 is 2.92 bits per heavy atom. The zero-order valence-electron chi connectivity index (χ0n) is 8.07. The maximum Gasteiger partial charge on any atom is 0.223 e. The van der Waals surface area contributed by atoms with Gasteiger partial charge in [-0.3, -0.25) is 4.79 Å². The molecule has 76 valence electrons. The van der Waals surface area contributed by atoms with Crippen LogP contribution >= 0.6 is 0 Å². The summed E-state index contributed by atoms with van der Waals surface area (Å²) in [5, 5.41) is 8.74. The summed E-state index contributed by atoms with van der Waals surface area (Å²) in [5.41, 5.74) is 5.50. The monoisotopic (exact) mass is 186 g/mol. The van der Waals surface area contributed by atoms with Crippen LogP contribution in [0.2, 0.25) is 0 Å². The quantitative estimate of drug-likeness (QED) is 0.625. The molecule has 1 saturated heterocycles. The topological polar surface area (TPSA) is 66.6 Å². The predicted octanol–water partition coefficient (Wildman–Crippen LogP) is -0.435. The van der Waals surface area contributed by atoms with E-state index < -0.39 is 0 Å². The van der Waals surface area contributed by atoms with Crippen molar-refractivity contribution in [3.05, 3.63) is 0 Å². The molecule has 1 amide bonds. The van der Waals surface area contributed by atoms with Gasteiger partial charge in [0.1, 0.15) is 0 Å². The van der Waals surface area contributed by atoms with E-state index in [0.29, 0.717) is 25.3 Å². The summed E-state index contributed by atoms with van der Waals surface area (Å²) in [4.78, 5) is 13.3. The van der Waals surface area contributed by atoms with Crippen molar-refractivity contribution in [3.8, 4) is 0 Å². The Bertz CT molecular complexity index is 184. The molecule has 1 heterocycles. The summed E-state index contributed by atoms with van der Waals surface area (Å²) in [6, 6.07) is 0.147. The van der Waals surface area contributed by atoms with Crippen LogP contribution in [0.4, 0.5) is 0 Å². The molecule has 2 atom stereocenters. The van der Waals surface area contributed by atoms with Gasteiger partial charge in [0.2, 0.25) is 5.91 Å². The summed E-state index contributed by atoms with van der Waals surface area (Å²) in [5.74, 6) is 0.491. The van der Waals surface area contributed by atoms with Crippen molar-refractivity contribution in [1.29, 1.82) is 0 Å². The van der Waals surface area contributed by atoms with Gasteiger partial charge in [-0.2, -0.15) is 0 Å². The van der Waals surface area contributed by atoms with Crippen molar-refractivity contribution in [1.82, 2.24) is 4.90 Å². The van der Waals surface area contributed by atoms with E-state index in [9.17, 15) is 4.79 Å². The van der Waals surface area contributed by atoms with Gasteiger partial charge in [0.25, 0.3) is 0 Å². The highest BCUT2D eigenvalue weighted by molar-refractivity contribution is 5.78. The fraction of sp³-hybridized carbons (Fsp3) is 0.889. The first-order valence-electron chi connectivity index (χ1n) is 4.79. The number of aliphatic hydroxyl groups excluding tert-OH is 1. The number of hydrogen-bond donors (Lipinski definition) is 2. The van der Waals surface area contributed by atoms with Gasteiger partial charge in [-0.05, 0) is 25.8 Å². The van der Waals surface area contributed by atoms with E-state index in [2.05, 4.69) is 0 Å². The van der Waals surface area contributed by atoms with Crippen LogP contribution in [0.5, 0.6) is 0 Å². The Morgan fingerprint density at radius 2 is 2.46 bits per heavy atom. The molecule has 0 saturated carbocycles. The molecule has 0 spiro atoms. The Morgan fingerprint density at radius 1 is 1.77 bits per heavy atom. The molecule has 1 fully saturated rings. The Kier molecular flexibility index (Phi) is 3.69. The van der Waals surface area contributed by atoms with Gasteiger partial charge >= 0.3 is 0 Å². The van der Waals surface area contributed by atoms with Gasteiger partial charge in [0, 0.05) is 25.6 Å². The van der Waals surface area contributed by atoms with Crippen LogP contribution in [0.15, 0.2) is 0 Å². The minimum Gasteiger partial charge on any atom is -0.396 e. The van der Waals surface area contributed by atoms with Crippen LogP contribution in [0.25, 0.3) is 0 Å². The van der Waals surface area contributed by atoms with E-state index in [1.165, 1.54) is 0 Å². The fourth-order valence-corrected chi connectivity index (χ4v) is 1.74.